The van der Waals surface area contributed by atoms with E-state index < -0.39 is 9.84 Å². The van der Waals surface area contributed by atoms with Crippen LogP contribution in [0, 0.1) is 11.2 Å². The third kappa shape index (κ3) is 2.76. The summed E-state index contributed by atoms with van der Waals surface area (Å²) in [5.74, 6) is 2.33. The zero-order valence-corrected chi connectivity index (χ0v) is 8.27. The molecule has 0 N–H and O–H groups in total. The molecule has 0 saturated heterocycles. The van der Waals surface area contributed by atoms with E-state index in [1.807, 2.05) is 0 Å². The largest absolute Gasteiger partial charge is 0.245 e. The van der Waals surface area contributed by atoms with E-state index in [9.17, 15) is 8.42 Å². The predicted octanol–water partition coefficient (Wildman–Crippen LogP) is 1.66. The number of hydrogen-bond donors (Lipinski definition) is 0. The van der Waals surface area contributed by atoms with Crippen LogP contribution in [-0.4, -0.2) is 14.3 Å². The van der Waals surface area contributed by atoms with Gasteiger partial charge in [0, 0.05) is 5.25 Å². The number of benzene rings is 1. The lowest BCUT2D eigenvalue weighted by molar-refractivity contribution is 0.606. The lowest BCUT2D eigenvalue weighted by atomic mass is 10.4. The maximum absolute atomic E-state index is 11.4. The molecule has 0 aliphatic heterocycles. The molecule has 0 atom stereocenters. The fraction of sp³-hybridized carbons (Fsp3) is 0.111. The second-order valence-corrected chi connectivity index (χ2v) is 4.18. The van der Waals surface area contributed by atoms with Crippen molar-refractivity contribution in [1.82, 2.24) is 0 Å². The van der Waals surface area contributed by atoms with Gasteiger partial charge in [0.1, 0.15) is 0 Å². The number of alkyl halides is 1. The van der Waals surface area contributed by atoms with E-state index in [0.717, 1.165) is 0 Å². The Bertz CT molecular complexity index is 426. The van der Waals surface area contributed by atoms with E-state index in [-0.39, 0.29) is 10.8 Å². The van der Waals surface area contributed by atoms with Gasteiger partial charge in [0.15, 0.2) is 0 Å². The van der Waals surface area contributed by atoms with Crippen molar-refractivity contribution in [3.05, 3.63) is 30.3 Å². The smallest absolute Gasteiger partial charge is 0.210 e. The highest BCUT2D eigenvalue weighted by Crippen LogP contribution is 2.08. The molecule has 0 aromatic heterocycles. The highest BCUT2D eigenvalue weighted by atomic mass is 35.5. The first-order chi connectivity index (χ1) is 6.17. The Kier molecular flexibility index (Phi) is 3.35. The first-order valence-electron chi connectivity index (χ1n) is 3.52. The van der Waals surface area contributed by atoms with E-state index in [2.05, 4.69) is 11.2 Å². The minimum Gasteiger partial charge on any atom is -0.210 e. The van der Waals surface area contributed by atoms with Crippen molar-refractivity contribution < 1.29 is 8.42 Å². The van der Waals surface area contributed by atoms with Crippen molar-refractivity contribution in [3.8, 4) is 11.2 Å². The first-order valence-corrected chi connectivity index (χ1v) is 5.54. The molecule has 1 rings (SSSR count). The molecule has 68 valence electrons. The van der Waals surface area contributed by atoms with Gasteiger partial charge in [-0.2, -0.15) is 0 Å². The molecule has 0 aliphatic rings. The molecule has 1 aromatic carbocycles. The molecule has 0 heterocycles. The Morgan fingerprint density at radius 2 is 1.85 bits per heavy atom. The number of halogens is 1. The molecule has 13 heavy (non-hydrogen) atoms. The van der Waals surface area contributed by atoms with Crippen LogP contribution in [-0.2, 0) is 9.84 Å². The van der Waals surface area contributed by atoms with Crippen LogP contribution in [0.1, 0.15) is 0 Å². The quantitative estimate of drug-likeness (QED) is 0.405. The Labute approximate surface area is 82.5 Å². The second-order valence-electron chi connectivity index (χ2n) is 2.23. The summed E-state index contributed by atoms with van der Waals surface area (Å²) in [6.45, 7) is 0. The summed E-state index contributed by atoms with van der Waals surface area (Å²) in [5.41, 5.74) is 0. The summed E-state index contributed by atoms with van der Waals surface area (Å²) < 4.78 is 22.7. The molecule has 4 heteroatoms. The van der Waals surface area contributed by atoms with Gasteiger partial charge in [0.2, 0.25) is 9.84 Å². The third-order valence-corrected chi connectivity index (χ3v) is 2.77. The summed E-state index contributed by atoms with van der Waals surface area (Å²) in [6.07, 6.45) is 0. The Hall–Kier alpha value is -0.980. The molecule has 0 spiro atoms. The normalized spacial score (nSPS) is 10.2. The van der Waals surface area contributed by atoms with Crippen molar-refractivity contribution >= 4 is 21.4 Å². The van der Waals surface area contributed by atoms with E-state index in [1.165, 1.54) is 12.1 Å². The minimum absolute atomic E-state index is 0.0199. The molecule has 0 radical (unpaired) electrons. The number of sulfone groups is 1. The van der Waals surface area contributed by atoms with Crippen molar-refractivity contribution in [3.63, 3.8) is 0 Å². The summed E-state index contributed by atoms with van der Waals surface area (Å²) in [6, 6.07) is 8.04. The SMILES string of the molecule is O=S(=O)(C#CCCl)c1ccccc1. The van der Waals surface area contributed by atoms with Gasteiger partial charge in [-0.25, -0.2) is 8.42 Å². The van der Waals surface area contributed by atoms with Crippen LogP contribution in [0.5, 0.6) is 0 Å². The Morgan fingerprint density at radius 3 is 2.38 bits per heavy atom. The molecule has 0 bridgehead atoms. The summed E-state index contributed by atoms with van der Waals surface area (Å²) in [7, 11) is -3.47. The van der Waals surface area contributed by atoms with Crippen LogP contribution in [0.3, 0.4) is 0 Å². The second kappa shape index (κ2) is 4.31. The van der Waals surface area contributed by atoms with Gasteiger partial charge >= 0.3 is 0 Å². The zero-order chi connectivity index (χ0) is 9.73. The molecule has 2 nitrogen and oxygen atoms in total. The average Bonchev–Trinajstić information content (AvgIpc) is 2.16. The number of rotatable bonds is 1. The molecule has 0 saturated carbocycles. The van der Waals surface area contributed by atoms with Crippen molar-refractivity contribution in [1.29, 1.82) is 0 Å². The topological polar surface area (TPSA) is 34.1 Å². The average molecular weight is 215 g/mol. The van der Waals surface area contributed by atoms with Crippen molar-refractivity contribution in [2.45, 2.75) is 4.90 Å². The van der Waals surface area contributed by atoms with Gasteiger partial charge in [0.25, 0.3) is 0 Å². The van der Waals surface area contributed by atoms with E-state index >= 15 is 0 Å². The summed E-state index contributed by atoms with van der Waals surface area (Å²) in [4.78, 5) is 0.201. The third-order valence-electron chi connectivity index (χ3n) is 1.33. The highest BCUT2D eigenvalue weighted by Gasteiger charge is 2.08. The molecular formula is C9H7ClO2S. The number of hydrogen-bond acceptors (Lipinski definition) is 2. The van der Waals surface area contributed by atoms with Crippen LogP contribution in [0.2, 0.25) is 0 Å². The van der Waals surface area contributed by atoms with Gasteiger partial charge in [-0.15, -0.1) is 11.6 Å². The van der Waals surface area contributed by atoms with Gasteiger partial charge in [-0.05, 0) is 12.1 Å². The summed E-state index contributed by atoms with van der Waals surface area (Å²) in [5, 5.41) is 2.12. The monoisotopic (exact) mass is 214 g/mol. The highest BCUT2D eigenvalue weighted by molar-refractivity contribution is 7.96. The van der Waals surface area contributed by atoms with Crippen molar-refractivity contribution in [2.24, 2.45) is 0 Å². The Balaban J connectivity index is 3.10. The molecule has 1 aromatic rings. The van der Waals surface area contributed by atoms with Crippen LogP contribution in [0.15, 0.2) is 35.2 Å². The van der Waals surface area contributed by atoms with Crippen molar-refractivity contribution in [2.75, 3.05) is 5.88 Å². The molecule has 0 aliphatic carbocycles. The Morgan fingerprint density at radius 1 is 1.23 bits per heavy atom. The van der Waals surface area contributed by atoms with Crippen LogP contribution < -0.4 is 0 Å². The standard InChI is InChI=1S/C9H7ClO2S/c10-7-4-8-13(11,12)9-5-2-1-3-6-9/h1-3,5-6H,7H2. The van der Waals surface area contributed by atoms with Crippen LogP contribution >= 0.6 is 11.6 Å². The van der Waals surface area contributed by atoms with E-state index in [0.29, 0.717) is 0 Å². The zero-order valence-electron chi connectivity index (χ0n) is 6.70. The fourth-order valence-corrected chi connectivity index (χ4v) is 1.82. The van der Waals surface area contributed by atoms with Crippen LogP contribution in [0.4, 0.5) is 0 Å². The predicted molar refractivity (Wildman–Crippen MR) is 52.1 cm³/mol. The van der Waals surface area contributed by atoms with Crippen LogP contribution in [0.25, 0.3) is 0 Å². The van der Waals surface area contributed by atoms with Gasteiger partial charge in [-0.1, -0.05) is 24.1 Å². The summed E-state index contributed by atoms with van der Waals surface area (Å²) >= 11 is 5.26. The molecule has 0 fully saturated rings. The lowest BCUT2D eigenvalue weighted by Crippen LogP contribution is -1.95. The van der Waals surface area contributed by atoms with E-state index in [1.54, 1.807) is 18.2 Å². The van der Waals surface area contributed by atoms with Gasteiger partial charge in [-0.3, -0.25) is 0 Å². The maximum atomic E-state index is 11.4. The molecule has 0 unspecified atom stereocenters. The fourth-order valence-electron chi connectivity index (χ4n) is 0.781. The maximum Gasteiger partial charge on any atom is 0.245 e. The van der Waals surface area contributed by atoms with E-state index in [4.69, 9.17) is 11.6 Å². The molecule has 0 amide bonds. The van der Waals surface area contributed by atoms with Gasteiger partial charge in [0.05, 0.1) is 10.8 Å². The van der Waals surface area contributed by atoms with Gasteiger partial charge < -0.3 is 0 Å². The molecular weight excluding hydrogens is 208 g/mol. The first kappa shape index (κ1) is 10.1. The minimum atomic E-state index is -3.47. The lowest BCUT2D eigenvalue weighted by Gasteiger charge is -1.93.